The molecule has 1 aliphatic carbocycles. The van der Waals surface area contributed by atoms with E-state index in [4.69, 9.17) is 18.9 Å². The normalized spacial score (nSPS) is 16.5. The Kier molecular flexibility index (Phi) is 5.84. The van der Waals surface area contributed by atoms with Crippen molar-refractivity contribution in [2.24, 2.45) is 0 Å². The maximum atomic E-state index is 12.4. The Morgan fingerprint density at radius 1 is 1.11 bits per heavy atom. The van der Waals surface area contributed by atoms with Gasteiger partial charge in [-0.1, -0.05) is 0 Å². The van der Waals surface area contributed by atoms with Crippen molar-refractivity contribution in [2.75, 3.05) is 39.6 Å². The van der Waals surface area contributed by atoms with Crippen molar-refractivity contribution in [1.29, 1.82) is 0 Å². The van der Waals surface area contributed by atoms with Crippen molar-refractivity contribution in [3.8, 4) is 5.75 Å². The number of carbonyl (C=O) groups is 3. The quantitative estimate of drug-likeness (QED) is 0.717. The van der Waals surface area contributed by atoms with Crippen molar-refractivity contribution >= 4 is 23.5 Å². The van der Waals surface area contributed by atoms with Crippen LogP contribution in [0.15, 0.2) is 29.5 Å². The third kappa shape index (κ3) is 3.94. The van der Waals surface area contributed by atoms with E-state index >= 15 is 0 Å². The third-order valence-corrected chi connectivity index (χ3v) is 4.48. The molecule has 9 nitrogen and oxygen atoms in total. The molecule has 0 bridgehead atoms. The minimum atomic E-state index is -0.724. The highest BCUT2D eigenvalue weighted by Crippen LogP contribution is 2.35. The minimum absolute atomic E-state index is 0.0151. The number of rotatable bonds is 6. The lowest BCUT2D eigenvalue weighted by atomic mass is 10.1. The van der Waals surface area contributed by atoms with Gasteiger partial charge in [0.15, 0.2) is 0 Å². The molecule has 0 spiro atoms. The molecule has 0 unspecified atom stereocenters. The van der Waals surface area contributed by atoms with E-state index in [1.165, 1.54) is 26.2 Å². The van der Waals surface area contributed by atoms with Crippen molar-refractivity contribution in [2.45, 2.75) is 18.9 Å². The number of esters is 2. The van der Waals surface area contributed by atoms with Crippen LogP contribution in [0, 0.1) is 0 Å². The van der Waals surface area contributed by atoms with Gasteiger partial charge in [0.05, 0.1) is 39.2 Å². The van der Waals surface area contributed by atoms with Crippen LogP contribution in [-0.4, -0.2) is 58.6 Å². The van der Waals surface area contributed by atoms with Gasteiger partial charge in [0.1, 0.15) is 18.2 Å². The molecule has 0 radical (unpaired) electrons. The van der Waals surface area contributed by atoms with Crippen LogP contribution in [0.4, 0.5) is 5.69 Å². The van der Waals surface area contributed by atoms with Crippen LogP contribution in [0.3, 0.4) is 0 Å². The molecule has 28 heavy (non-hydrogen) atoms. The predicted octanol–water partition coefficient (Wildman–Crippen LogP) is 0.982. The van der Waals surface area contributed by atoms with E-state index in [-0.39, 0.29) is 36.6 Å². The Morgan fingerprint density at radius 3 is 2.43 bits per heavy atom. The number of amides is 1. The van der Waals surface area contributed by atoms with Crippen molar-refractivity contribution < 1.29 is 33.3 Å². The number of carbonyl (C=O) groups excluding carboxylic acids is 3. The van der Waals surface area contributed by atoms with Gasteiger partial charge in [-0.05, 0) is 31.0 Å². The second kappa shape index (κ2) is 8.30. The van der Waals surface area contributed by atoms with E-state index in [0.717, 1.165) is 12.8 Å². The highest BCUT2D eigenvalue weighted by molar-refractivity contribution is 6.04. The first-order valence-electron chi connectivity index (χ1n) is 8.74. The number of methoxy groups -OCH3 is 3. The summed E-state index contributed by atoms with van der Waals surface area (Å²) in [4.78, 5) is 38.5. The van der Waals surface area contributed by atoms with E-state index in [9.17, 15) is 14.4 Å². The maximum Gasteiger partial charge on any atom is 0.355 e. The van der Waals surface area contributed by atoms with E-state index < -0.39 is 11.9 Å². The number of nitrogens with one attached hydrogen (secondary N) is 1. The van der Waals surface area contributed by atoms with Crippen LogP contribution in [0.1, 0.15) is 23.2 Å². The van der Waals surface area contributed by atoms with Crippen LogP contribution in [-0.2, 0) is 23.8 Å². The van der Waals surface area contributed by atoms with Gasteiger partial charge in [0, 0.05) is 11.6 Å². The largest absolute Gasteiger partial charge is 0.495 e. The zero-order valence-corrected chi connectivity index (χ0v) is 15.9. The fourth-order valence-electron chi connectivity index (χ4n) is 2.87. The molecule has 2 aliphatic rings. The van der Waals surface area contributed by atoms with Gasteiger partial charge in [-0.3, -0.25) is 4.79 Å². The first-order chi connectivity index (χ1) is 13.5. The molecule has 9 heteroatoms. The number of hydrogen-bond acceptors (Lipinski definition) is 8. The van der Waals surface area contributed by atoms with E-state index in [0.29, 0.717) is 17.0 Å². The van der Waals surface area contributed by atoms with Gasteiger partial charge in [-0.25, -0.2) is 9.59 Å². The molecular weight excluding hydrogens is 368 g/mol. The van der Waals surface area contributed by atoms with Crippen molar-refractivity contribution in [3.05, 3.63) is 35.0 Å². The van der Waals surface area contributed by atoms with Crippen LogP contribution < -0.4 is 15.0 Å². The van der Waals surface area contributed by atoms with Gasteiger partial charge in [0.25, 0.3) is 5.91 Å². The summed E-state index contributed by atoms with van der Waals surface area (Å²) < 4.78 is 20.5. The van der Waals surface area contributed by atoms with Gasteiger partial charge in [0.2, 0.25) is 0 Å². The molecule has 1 heterocycles. The summed E-state index contributed by atoms with van der Waals surface area (Å²) in [7, 11) is 3.90. The smallest absolute Gasteiger partial charge is 0.355 e. The Hall–Kier alpha value is -3.07. The zero-order valence-electron chi connectivity index (χ0n) is 15.9. The molecular formula is C19H22N2O7. The summed E-state index contributed by atoms with van der Waals surface area (Å²) in [5.74, 6) is -1.24. The predicted molar refractivity (Wildman–Crippen MR) is 97.8 cm³/mol. The van der Waals surface area contributed by atoms with Crippen LogP contribution in [0.25, 0.3) is 0 Å². The molecule has 0 aromatic heterocycles. The van der Waals surface area contributed by atoms with E-state index in [1.807, 2.05) is 0 Å². The van der Waals surface area contributed by atoms with Gasteiger partial charge in [-0.15, -0.1) is 0 Å². The Balaban J connectivity index is 2.06. The monoisotopic (exact) mass is 390 g/mol. The molecule has 0 atom stereocenters. The topological polar surface area (TPSA) is 103 Å². The average Bonchev–Trinajstić information content (AvgIpc) is 3.55. The third-order valence-electron chi connectivity index (χ3n) is 4.48. The number of benzene rings is 1. The number of anilines is 1. The molecule has 0 saturated heterocycles. The van der Waals surface area contributed by atoms with Crippen LogP contribution in [0.5, 0.6) is 5.75 Å². The Morgan fingerprint density at radius 2 is 1.82 bits per heavy atom. The minimum Gasteiger partial charge on any atom is -0.495 e. The molecule has 1 N–H and O–H groups in total. The standard InChI is InChI=1S/C19H22N2O7/c1-25-15-7-4-11(17(22)20-12-5-6-12)8-14(15)21-10-28-9-13(18(23)26-2)16(21)19(24)27-3/h4,7-8,12H,5-6,9-10H2,1-3H3,(H,20,22). The van der Waals surface area contributed by atoms with Crippen LogP contribution >= 0.6 is 0 Å². The SMILES string of the molecule is COC(=O)C1=C(C(=O)OC)N(c2cc(C(=O)NC3CC3)ccc2OC)COC1. The highest BCUT2D eigenvalue weighted by Gasteiger charge is 2.34. The molecule has 1 aromatic rings. The molecule has 1 fully saturated rings. The second-order valence-corrected chi connectivity index (χ2v) is 6.35. The molecule has 3 rings (SSSR count). The first kappa shape index (κ1) is 19.7. The fourth-order valence-corrected chi connectivity index (χ4v) is 2.87. The number of nitrogens with zero attached hydrogens (tertiary/aromatic N) is 1. The van der Waals surface area contributed by atoms with E-state index in [2.05, 4.69) is 5.32 Å². The highest BCUT2D eigenvalue weighted by atomic mass is 16.5. The molecule has 150 valence electrons. The summed E-state index contributed by atoms with van der Waals surface area (Å²) in [5.41, 5.74) is 0.804. The van der Waals surface area contributed by atoms with Crippen molar-refractivity contribution in [1.82, 2.24) is 5.32 Å². The number of ether oxygens (including phenoxy) is 4. The summed E-state index contributed by atoms with van der Waals surface area (Å²) in [6.45, 7) is -0.132. The molecule has 1 saturated carbocycles. The second-order valence-electron chi connectivity index (χ2n) is 6.35. The fraction of sp³-hybridized carbons (Fsp3) is 0.421. The Labute approximate surface area is 162 Å². The lowest BCUT2D eigenvalue weighted by Gasteiger charge is -2.32. The average molecular weight is 390 g/mol. The molecule has 1 aliphatic heterocycles. The molecule has 1 aromatic carbocycles. The summed E-state index contributed by atoms with van der Waals surface area (Å²) in [6, 6.07) is 5.04. The summed E-state index contributed by atoms with van der Waals surface area (Å²) >= 11 is 0. The van der Waals surface area contributed by atoms with Gasteiger partial charge >= 0.3 is 11.9 Å². The Bertz CT molecular complexity index is 830. The summed E-state index contributed by atoms with van der Waals surface area (Å²) in [5, 5.41) is 2.91. The zero-order chi connectivity index (χ0) is 20.3. The van der Waals surface area contributed by atoms with E-state index in [1.54, 1.807) is 18.2 Å². The summed E-state index contributed by atoms with van der Waals surface area (Å²) in [6.07, 6.45) is 1.93. The molecule has 1 amide bonds. The van der Waals surface area contributed by atoms with Gasteiger partial charge in [-0.2, -0.15) is 0 Å². The lowest BCUT2D eigenvalue weighted by Crippen LogP contribution is -2.39. The van der Waals surface area contributed by atoms with Crippen molar-refractivity contribution in [3.63, 3.8) is 0 Å². The maximum absolute atomic E-state index is 12.4. The first-order valence-corrected chi connectivity index (χ1v) is 8.74. The van der Waals surface area contributed by atoms with Gasteiger partial charge < -0.3 is 29.2 Å². The number of hydrogen-bond donors (Lipinski definition) is 1. The van der Waals surface area contributed by atoms with Crippen LogP contribution in [0.2, 0.25) is 0 Å². The lowest BCUT2D eigenvalue weighted by molar-refractivity contribution is -0.140.